The van der Waals surface area contributed by atoms with E-state index in [9.17, 15) is 13.2 Å². The van der Waals surface area contributed by atoms with Gasteiger partial charge in [-0.2, -0.15) is 13.2 Å². The van der Waals surface area contributed by atoms with Gasteiger partial charge in [-0.25, -0.2) is 0 Å². The average Bonchev–Trinajstić information content (AvgIpc) is 2.45. The lowest BCUT2D eigenvalue weighted by atomic mass is 10.0. The number of nitrogens with two attached hydrogens (primary N) is 1. The van der Waals surface area contributed by atoms with Gasteiger partial charge in [-0.15, -0.1) is 0 Å². The number of anilines is 1. The summed E-state index contributed by atoms with van der Waals surface area (Å²) in [6.45, 7) is -1.38. The highest BCUT2D eigenvalue weighted by Gasteiger charge is 2.29. The highest BCUT2D eigenvalue weighted by molar-refractivity contribution is 5.77. The number of methoxy groups -OCH3 is 1. The van der Waals surface area contributed by atoms with Gasteiger partial charge >= 0.3 is 6.18 Å². The molecule has 0 spiro atoms. The first kappa shape index (κ1) is 15.0. The van der Waals surface area contributed by atoms with Gasteiger partial charge in [0.05, 0.1) is 12.8 Å². The standard InChI is InChI=1S/C15H14F3NO2/c1-20-11-7-5-10(6-8-11)12-3-2-4-13(19)14(12)21-9-15(16,17)18/h2-8H,9,19H2,1H3. The fourth-order valence-corrected chi connectivity index (χ4v) is 1.87. The number of ether oxygens (including phenoxy) is 2. The minimum absolute atomic E-state index is 0.0278. The van der Waals surface area contributed by atoms with Gasteiger partial charge in [0.15, 0.2) is 6.61 Å². The summed E-state index contributed by atoms with van der Waals surface area (Å²) in [5, 5.41) is 0. The molecule has 2 rings (SSSR count). The van der Waals surface area contributed by atoms with Crippen LogP contribution in [-0.4, -0.2) is 19.9 Å². The van der Waals surface area contributed by atoms with Crippen molar-refractivity contribution >= 4 is 5.69 Å². The molecule has 3 nitrogen and oxygen atoms in total. The second-order valence-electron chi connectivity index (χ2n) is 4.36. The number of hydrogen-bond donors (Lipinski definition) is 1. The van der Waals surface area contributed by atoms with Crippen LogP contribution in [0.25, 0.3) is 11.1 Å². The Hall–Kier alpha value is -2.37. The van der Waals surface area contributed by atoms with Crippen LogP contribution in [-0.2, 0) is 0 Å². The first-order valence-electron chi connectivity index (χ1n) is 6.13. The van der Waals surface area contributed by atoms with E-state index in [1.54, 1.807) is 36.4 Å². The molecule has 21 heavy (non-hydrogen) atoms. The zero-order chi connectivity index (χ0) is 15.5. The molecule has 0 saturated heterocycles. The van der Waals surface area contributed by atoms with Crippen molar-refractivity contribution < 1.29 is 22.6 Å². The minimum Gasteiger partial charge on any atom is -0.497 e. The predicted octanol–water partition coefficient (Wildman–Crippen LogP) is 3.89. The lowest BCUT2D eigenvalue weighted by molar-refractivity contribution is -0.153. The van der Waals surface area contributed by atoms with Crippen molar-refractivity contribution in [3.63, 3.8) is 0 Å². The number of alkyl halides is 3. The fraction of sp³-hybridized carbons (Fsp3) is 0.200. The Morgan fingerprint density at radius 1 is 1.05 bits per heavy atom. The highest BCUT2D eigenvalue weighted by Crippen LogP contribution is 2.36. The number of halogens is 3. The fourth-order valence-electron chi connectivity index (χ4n) is 1.87. The normalized spacial score (nSPS) is 11.2. The Morgan fingerprint density at radius 2 is 1.71 bits per heavy atom. The first-order valence-corrected chi connectivity index (χ1v) is 6.13. The zero-order valence-electron chi connectivity index (χ0n) is 11.3. The molecule has 0 atom stereocenters. The summed E-state index contributed by atoms with van der Waals surface area (Å²) in [7, 11) is 1.54. The number of benzene rings is 2. The van der Waals surface area contributed by atoms with Crippen LogP contribution in [0.3, 0.4) is 0 Å². The molecule has 0 aliphatic heterocycles. The summed E-state index contributed by atoms with van der Waals surface area (Å²) in [5.41, 5.74) is 7.08. The topological polar surface area (TPSA) is 44.5 Å². The van der Waals surface area contributed by atoms with E-state index in [2.05, 4.69) is 0 Å². The van der Waals surface area contributed by atoms with E-state index in [1.807, 2.05) is 0 Å². The average molecular weight is 297 g/mol. The van der Waals surface area contributed by atoms with Crippen molar-refractivity contribution in [1.82, 2.24) is 0 Å². The Kier molecular flexibility index (Phi) is 4.26. The van der Waals surface area contributed by atoms with Gasteiger partial charge in [0.25, 0.3) is 0 Å². The quantitative estimate of drug-likeness (QED) is 0.871. The summed E-state index contributed by atoms with van der Waals surface area (Å²) >= 11 is 0. The van der Waals surface area contributed by atoms with E-state index in [4.69, 9.17) is 15.2 Å². The van der Waals surface area contributed by atoms with Crippen molar-refractivity contribution in [1.29, 1.82) is 0 Å². The van der Waals surface area contributed by atoms with E-state index in [-0.39, 0.29) is 11.4 Å². The maximum Gasteiger partial charge on any atom is 0.422 e. The molecule has 2 N–H and O–H groups in total. The second kappa shape index (κ2) is 5.95. The smallest absolute Gasteiger partial charge is 0.422 e. The van der Waals surface area contributed by atoms with Crippen LogP contribution in [0.5, 0.6) is 11.5 Å². The molecule has 6 heteroatoms. The summed E-state index contributed by atoms with van der Waals surface area (Å²) in [6.07, 6.45) is -4.42. The largest absolute Gasteiger partial charge is 0.497 e. The number of para-hydroxylation sites is 1. The third-order valence-electron chi connectivity index (χ3n) is 2.83. The Balaban J connectivity index is 2.36. The van der Waals surface area contributed by atoms with Crippen LogP contribution in [0.2, 0.25) is 0 Å². The minimum atomic E-state index is -4.42. The molecule has 2 aromatic rings. The predicted molar refractivity (Wildman–Crippen MR) is 74.4 cm³/mol. The van der Waals surface area contributed by atoms with Crippen molar-refractivity contribution in [3.05, 3.63) is 42.5 Å². The molecular weight excluding hydrogens is 283 g/mol. The summed E-state index contributed by atoms with van der Waals surface area (Å²) in [5.74, 6) is 0.681. The Morgan fingerprint density at radius 3 is 2.29 bits per heavy atom. The molecule has 0 aliphatic carbocycles. The monoisotopic (exact) mass is 297 g/mol. The molecule has 0 heterocycles. The van der Waals surface area contributed by atoms with Crippen LogP contribution in [0.1, 0.15) is 0 Å². The molecule has 0 radical (unpaired) electrons. The third kappa shape index (κ3) is 3.81. The van der Waals surface area contributed by atoms with Crippen molar-refractivity contribution in [3.8, 4) is 22.6 Å². The Labute approximate surface area is 120 Å². The lowest BCUT2D eigenvalue weighted by Gasteiger charge is -2.15. The van der Waals surface area contributed by atoms with E-state index in [0.717, 1.165) is 0 Å². The Bertz CT molecular complexity index is 609. The maximum absolute atomic E-state index is 12.3. The van der Waals surface area contributed by atoms with Crippen LogP contribution in [0, 0.1) is 0 Å². The SMILES string of the molecule is COc1ccc(-c2cccc(N)c2OCC(F)(F)F)cc1. The molecule has 112 valence electrons. The van der Waals surface area contributed by atoms with Gasteiger partial charge in [-0.05, 0) is 23.8 Å². The first-order chi connectivity index (χ1) is 9.90. The molecule has 0 bridgehead atoms. The molecule has 0 amide bonds. The van der Waals surface area contributed by atoms with E-state index in [0.29, 0.717) is 16.9 Å². The summed E-state index contributed by atoms with van der Waals surface area (Å²) in [6, 6.07) is 11.7. The van der Waals surface area contributed by atoms with Crippen LogP contribution >= 0.6 is 0 Å². The van der Waals surface area contributed by atoms with E-state index < -0.39 is 12.8 Å². The van der Waals surface area contributed by atoms with Gasteiger partial charge in [-0.1, -0.05) is 24.3 Å². The number of rotatable bonds is 4. The molecular formula is C15H14F3NO2. The van der Waals surface area contributed by atoms with Crippen LogP contribution in [0.15, 0.2) is 42.5 Å². The van der Waals surface area contributed by atoms with Gasteiger partial charge in [0.2, 0.25) is 0 Å². The zero-order valence-corrected chi connectivity index (χ0v) is 11.3. The van der Waals surface area contributed by atoms with Crippen LogP contribution < -0.4 is 15.2 Å². The van der Waals surface area contributed by atoms with Gasteiger partial charge < -0.3 is 15.2 Å². The second-order valence-corrected chi connectivity index (χ2v) is 4.36. The molecule has 0 saturated carbocycles. The number of nitrogen functional groups attached to an aromatic ring is 1. The van der Waals surface area contributed by atoms with Gasteiger partial charge in [0.1, 0.15) is 11.5 Å². The van der Waals surface area contributed by atoms with E-state index >= 15 is 0 Å². The van der Waals surface area contributed by atoms with Gasteiger partial charge in [0, 0.05) is 5.56 Å². The van der Waals surface area contributed by atoms with Gasteiger partial charge in [-0.3, -0.25) is 0 Å². The van der Waals surface area contributed by atoms with Crippen molar-refractivity contribution in [2.75, 3.05) is 19.5 Å². The van der Waals surface area contributed by atoms with Crippen LogP contribution in [0.4, 0.5) is 18.9 Å². The van der Waals surface area contributed by atoms with E-state index in [1.165, 1.54) is 13.2 Å². The lowest BCUT2D eigenvalue weighted by Crippen LogP contribution is -2.20. The maximum atomic E-state index is 12.3. The molecule has 2 aromatic carbocycles. The highest BCUT2D eigenvalue weighted by atomic mass is 19.4. The molecule has 0 fully saturated rings. The summed E-state index contributed by atoms with van der Waals surface area (Å²) in [4.78, 5) is 0. The summed E-state index contributed by atoms with van der Waals surface area (Å²) < 4.78 is 46.9. The molecule has 0 aromatic heterocycles. The van der Waals surface area contributed by atoms with Crippen molar-refractivity contribution in [2.45, 2.75) is 6.18 Å². The number of hydrogen-bond acceptors (Lipinski definition) is 3. The van der Waals surface area contributed by atoms with Crippen molar-refractivity contribution in [2.24, 2.45) is 0 Å². The molecule has 0 aliphatic rings. The third-order valence-corrected chi connectivity index (χ3v) is 2.83. The molecule has 0 unspecified atom stereocenters.